The first-order chi connectivity index (χ1) is 9.13. The molecule has 2 fully saturated rings. The van der Waals surface area contributed by atoms with Crippen molar-refractivity contribution in [2.24, 2.45) is 17.8 Å². The van der Waals surface area contributed by atoms with E-state index in [1.54, 1.807) is 6.07 Å². The van der Waals surface area contributed by atoms with Gasteiger partial charge in [0.25, 0.3) is 0 Å². The normalized spacial score (nSPS) is 30.8. The maximum Gasteiger partial charge on any atom is 0.126 e. The Labute approximate surface area is 115 Å². The van der Waals surface area contributed by atoms with Gasteiger partial charge in [0.1, 0.15) is 5.82 Å². The number of nitrogens with one attached hydrogen (secondary N) is 1. The molecule has 1 aromatic rings. The van der Waals surface area contributed by atoms with Crippen LogP contribution < -0.4 is 5.32 Å². The molecule has 4 atom stereocenters. The second kappa shape index (κ2) is 5.24. The van der Waals surface area contributed by atoms with Crippen LogP contribution in [0.1, 0.15) is 43.7 Å². The third-order valence-electron chi connectivity index (χ3n) is 5.29. The van der Waals surface area contributed by atoms with E-state index in [1.165, 1.54) is 31.2 Å². The number of hydrogen-bond donors (Lipinski definition) is 1. The molecule has 0 heterocycles. The van der Waals surface area contributed by atoms with Crippen molar-refractivity contribution in [3.05, 3.63) is 35.1 Å². The molecular weight excluding hydrogens is 237 g/mol. The first-order valence-electron chi connectivity index (χ1n) is 7.62. The summed E-state index contributed by atoms with van der Waals surface area (Å²) < 4.78 is 13.2. The van der Waals surface area contributed by atoms with E-state index < -0.39 is 0 Å². The highest BCUT2D eigenvalue weighted by atomic mass is 19.1. The summed E-state index contributed by atoms with van der Waals surface area (Å²) in [5.74, 6) is 2.72. The van der Waals surface area contributed by atoms with E-state index in [9.17, 15) is 4.39 Å². The van der Waals surface area contributed by atoms with Crippen LogP contribution in [0.15, 0.2) is 18.2 Å². The van der Waals surface area contributed by atoms with Crippen molar-refractivity contribution in [1.82, 2.24) is 5.32 Å². The van der Waals surface area contributed by atoms with E-state index in [0.29, 0.717) is 6.04 Å². The fraction of sp³-hybridized carbons (Fsp3) is 0.647. The number of rotatable bonds is 4. The van der Waals surface area contributed by atoms with Gasteiger partial charge in [-0.2, -0.15) is 0 Å². The van der Waals surface area contributed by atoms with Gasteiger partial charge in [-0.3, -0.25) is 0 Å². The van der Waals surface area contributed by atoms with Gasteiger partial charge in [0.2, 0.25) is 0 Å². The molecule has 0 aromatic heterocycles. The zero-order valence-corrected chi connectivity index (χ0v) is 12.0. The van der Waals surface area contributed by atoms with Crippen molar-refractivity contribution in [2.75, 3.05) is 0 Å². The Morgan fingerprint density at radius 1 is 1.32 bits per heavy atom. The summed E-state index contributed by atoms with van der Waals surface area (Å²) in [7, 11) is 0. The lowest BCUT2D eigenvalue weighted by Crippen LogP contribution is -2.35. The number of halogens is 1. The first kappa shape index (κ1) is 13.1. The minimum atomic E-state index is -0.107. The lowest BCUT2D eigenvalue weighted by Gasteiger charge is -2.28. The molecule has 0 amide bonds. The standard InChI is InChI=1S/C17H24FN/c1-11-7-14(4-6-17(11)18)10-19-12(2)16-9-13-3-5-15(16)8-13/h4,6-7,12-13,15-16,19H,3,5,8-10H2,1-2H3. The van der Waals surface area contributed by atoms with Crippen molar-refractivity contribution in [3.8, 4) is 0 Å². The van der Waals surface area contributed by atoms with Crippen molar-refractivity contribution < 1.29 is 4.39 Å². The number of hydrogen-bond acceptors (Lipinski definition) is 1. The van der Waals surface area contributed by atoms with Crippen molar-refractivity contribution >= 4 is 0 Å². The Kier molecular flexibility index (Phi) is 3.62. The summed E-state index contributed by atoms with van der Waals surface area (Å²) in [5.41, 5.74) is 1.93. The SMILES string of the molecule is Cc1cc(CNC(C)C2CC3CCC2C3)ccc1F. The third-order valence-corrected chi connectivity index (χ3v) is 5.29. The molecule has 104 valence electrons. The van der Waals surface area contributed by atoms with Gasteiger partial charge < -0.3 is 5.32 Å². The molecule has 0 saturated heterocycles. The van der Waals surface area contributed by atoms with Gasteiger partial charge in [-0.05, 0) is 68.1 Å². The van der Waals surface area contributed by atoms with Crippen LogP contribution in [-0.4, -0.2) is 6.04 Å². The van der Waals surface area contributed by atoms with E-state index in [4.69, 9.17) is 0 Å². The predicted octanol–water partition coefficient (Wildman–Crippen LogP) is 4.05. The molecule has 2 heteroatoms. The van der Waals surface area contributed by atoms with Crippen LogP contribution in [0.4, 0.5) is 4.39 Å². The van der Waals surface area contributed by atoms with Gasteiger partial charge in [0, 0.05) is 12.6 Å². The van der Waals surface area contributed by atoms with Crippen LogP contribution >= 0.6 is 0 Å². The van der Waals surface area contributed by atoms with E-state index in [1.807, 2.05) is 19.1 Å². The topological polar surface area (TPSA) is 12.0 Å². The Morgan fingerprint density at radius 2 is 2.16 bits per heavy atom. The fourth-order valence-corrected chi connectivity index (χ4v) is 4.15. The molecule has 1 aromatic carbocycles. The summed E-state index contributed by atoms with van der Waals surface area (Å²) in [4.78, 5) is 0. The van der Waals surface area contributed by atoms with Gasteiger partial charge in [0.15, 0.2) is 0 Å². The quantitative estimate of drug-likeness (QED) is 0.862. The van der Waals surface area contributed by atoms with Crippen LogP contribution in [0.25, 0.3) is 0 Å². The molecule has 1 N–H and O–H groups in total. The molecule has 2 saturated carbocycles. The Bertz CT molecular complexity index is 457. The molecule has 3 rings (SSSR count). The Hall–Kier alpha value is -0.890. The number of benzene rings is 1. The van der Waals surface area contributed by atoms with Gasteiger partial charge in [-0.1, -0.05) is 18.6 Å². The Balaban J connectivity index is 1.55. The minimum absolute atomic E-state index is 0.107. The van der Waals surface area contributed by atoms with Crippen LogP contribution in [0, 0.1) is 30.5 Å². The van der Waals surface area contributed by atoms with Crippen LogP contribution in [0.5, 0.6) is 0 Å². The van der Waals surface area contributed by atoms with E-state index >= 15 is 0 Å². The van der Waals surface area contributed by atoms with Gasteiger partial charge in [0.05, 0.1) is 0 Å². The molecule has 0 radical (unpaired) electrons. The maximum atomic E-state index is 13.2. The number of fused-ring (bicyclic) bond motifs is 2. The molecule has 2 aliphatic carbocycles. The summed E-state index contributed by atoms with van der Waals surface area (Å²) in [5, 5.41) is 3.65. The maximum absolute atomic E-state index is 13.2. The average Bonchev–Trinajstić information content (AvgIpc) is 3.02. The predicted molar refractivity (Wildman–Crippen MR) is 76.4 cm³/mol. The van der Waals surface area contributed by atoms with Crippen LogP contribution in [-0.2, 0) is 6.54 Å². The molecule has 2 bridgehead atoms. The van der Waals surface area contributed by atoms with Gasteiger partial charge >= 0.3 is 0 Å². The molecule has 4 unspecified atom stereocenters. The summed E-state index contributed by atoms with van der Waals surface area (Å²) in [6.45, 7) is 5.01. The van der Waals surface area contributed by atoms with Gasteiger partial charge in [-0.25, -0.2) is 4.39 Å². The van der Waals surface area contributed by atoms with Crippen molar-refractivity contribution in [1.29, 1.82) is 0 Å². The van der Waals surface area contributed by atoms with Gasteiger partial charge in [-0.15, -0.1) is 0 Å². The van der Waals surface area contributed by atoms with Crippen molar-refractivity contribution in [3.63, 3.8) is 0 Å². The van der Waals surface area contributed by atoms with Crippen molar-refractivity contribution in [2.45, 2.75) is 52.1 Å². The van der Waals surface area contributed by atoms with E-state index in [2.05, 4.69) is 12.2 Å². The fourth-order valence-electron chi connectivity index (χ4n) is 4.15. The smallest absolute Gasteiger partial charge is 0.126 e. The second-order valence-electron chi connectivity index (χ2n) is 6.59. The Morgan fingerprint density at radius 3 is 2.79 bits per heavy atom. The summed E-state index contributed by atoms with van der Waals surface area (Å²) in [6.07, 6.45) is 5.79. The van der Waals surface area contributed by atoms with E-state index in [0.717, 1.165) is 29.9 Å². The lowest BCUT2D eigenvalue weighted by atomic mass is 9.84. The molecule has 1 nitrogen and oxygen atoms in total. The highest BCUT2D eigenvalue weighted by Gasteiger charge is 2.41. The second-order valence-corrected chi connectivity index (χ2v) is 6.59. The molecule has 0 aliphatic heterocycles. The molecule has 19 heavy (non-hydrogen) atoms. The monoisotopic (exact) mass is 261 g/mol. The lowest BCUT2D eigenvalue weighted by molar-refractivity contribution is 0.259. The third kappa shape index (κ3) is 2.69. The zero-order valence-electron chi connectivity index (χ0n) is 12.0. The molecule has 0 spiro atoms. The highest BCUT2D eigenvalue weighted by molar-refractivity contribution is 5.23. The van der Waals surface area contributed by atoms with E-state index in [-0.39, 0.29) is 5.82 Å². The number of aryl methyl sites for hydroxylation is 1. The summed E-state index contributed by atoms with van der Waals surface area (Å²) >= 11 is 0. The first-order valence-corrected chi connectivity index (χ1v) is 7.62. The average molecular weight is 261 g/mol. The zero-order chi connectivity index (χ0) is 13.4. The minimum Gasteiger partial charge on any atom is -0.310 e. The van der Waals surface area contributed by atoms with Crippen LogP contribution in [0.3, 0.4) is 0 Å². The summed E-state index contributed by atoms with van der Waals surface area (Å²) in [6, 6.07) is 6.01. The highest BCUT2D eigenvalue weighted by Crippen LogP contribution is 2.49. The van der Waals surface area contributed by atoms with Crippen LogP contribution in [0.2, 0.25) is 0 Å². The largest absolute Gasteiger partial charge is 0.310 e. The molecular formula is C17H24FN. The molecule has 2 aliphatic rings.